The molecule has 0 unspecified atom stereocenters. The average molecular weight is 406 g/mol. The Morgan fingerprint density at radius 2 is 2.00 bits per heavy atom. The summed E-state index contributed by atoms with van der Waals surface area (Å²) in [6, 6.07) is 8.08. The number of rotatable bonds is 6. The maximum absolute atomic E-state index is 13.0. The summed E-state index contributed by atoms with van der Waals surface area (Å²) in [5.41, 5.74) is 3.56. The van der Waals surface area contributed by atoms with Crippen LogP contribution in [0.5, 0.6) is 11.5 Å². The molecular weight excluding hydrogens is 380 g/mol. The standard InChI is InChI=1S/C23H26N4O3/c1-14(2)27-22-18(13-25-27)17(12-19(26-22)16-4-5-16)23(28)24-8-7-15-3-6-20-21(11-15)30-10-9-29-20/h3,6,11-14,16H,4-5,7-10H2,1-2H3,(H,24,28). The van der Waals surface area contributed by atoms with Gasteiger partial charge in [-0.1, -0.05) is 6.07 Å². The van der Waals surface area contributed by atoms with Gasteiger partial charge in [-0.15, -0.1) is 0 Å². The Kier molecular flexibility index (Phi) is 4.81. The lowest BCUT2D eigenvalue weighted by atomic mass is 10.1. The lowest BCUT2D eigenvalue weighted by Gasteiger charge is -2.18. The van der Waals surface area contributed by atoms with E-state index in [-0.39, 0.29) is 11.9 Å². The Morgan fingerprint density at radius 1 is 1.20 bits per heavy atom. The van der Waals surface area contributed by atoms with Gasteiger partial charge in [-0.2, -0.15) is 5.10 Å². The Hall–Kier alpha value is -3.09. The van der Waals surface area contributed by atoms with Crippen LogP contribution in [0.3, 0.4) is 0 Å². The van der Waals surface area contributed by atoms with E-state index in [1.165, 1.54) is 0 Å². The minimum absolute atomic E-state index is 0.0786. The van der Waals surface area contributed by atoms with Crippen LogP contribution in [-0.4, -0.2) is 40.4 Å². The molecule has 2 aromatic heterocycles. The van der Waals surface area contributed by atoms with Crippen molar-refractivity contribution in [1.82, 2.24) is 20.1 Å². The van der Waals surface area contributed by atoms with Gasteiger partial charge in [-0.25, -0.2) is 9.67 Å². The van der Waals surface area contributed by atoms with Crippen LogP contribution in [0.1, 0.15) is 60.3 Å². The summed E-state index contributed by atoms with van der Waals surface area (Å²) in [4.78, 5) is 17.9. The van der Waals surface area contributed by atoms with Gasteiger partial charge in [0.25, 0.3) is 5.91 Å². The van der Waals surface area contributed by atoms with Crippen molar-refractivity contribution in [1.29, 1.82) is 0 Å². The van der Waals surface area contributed by atoms with E-state index >= 15 is 0 Å². The number of nitrogens with one attached hydrogen (secondary N) is 1. The first kappa shape index (κ1) is 18.9. The molecule has 0 radical (unpaired) electrons. The summed E-state index contributed by atoms with van der Waals surface area (Å²) in [7, 11) is 0. The topological polar surface area (TPSA) is 78.3 Å². The van der Waals surface area contributed by atoms with Crippen LogP contribution >= 0.6 is 0 Å². The molecule has 1 amide bonds. The average Bonchev–Trinajstić information content (AvgIpc) is 3.51. The van der Waals surface area contributed by atoms with Crippen LogP contribution < -0.4 is 14.8 Å². The number of hydrogen-bond donors (Lipinski definition) is 1. The minimum Gasteiger partial charge on any atom is -0.486 e. The highest BCUT2D eigenvalue weighted by molar-refractivity contribution is 6.05. The van der Waals surface area contributed by atoms with Crippen LogP contribution in [0.2, 0.25) is 0 Å². The highest BCUT2D eigenvalue weighted by atomic mass is 16.6. The number of fused-ring (bicyclic) bond motifs is 2. The predicted octanol–water partition coefficient (Wildman–Crippen LogP) is 3.63. The van der Waals surface area contributed by atoms with E-state index in [4.69, 9.17) is 14.5 Å². The smallest absolute Gasteiger partial charge is 0.252 e. The number of carbonyl (C=O) groups excluding carboxylic acids is 1. The maximum atomic E-state index is 13.0. The molecule has 1 aromatic carbocycles. The van der Waals surface area contributed by atoms with Crippen LogP contribution in [0, 0.1) is 0 Å². The molecule has 1 saturated carbocycles. The molecule has 156 valence electrons. The highest BCUT2D eigenvalue weighted by Gasteiger charge is 2.28. The first-order valence-corrected chi connectivity index (χ1v) is 10.6. The number of hydrogen-bond acceptors (Lipinski definition) is 5. The molecule has 30 heavy (non-hydrogen) atoms. The van der Waals surface area contributed by atoms with Crippen LogP contribution in [-0.2, 0) is 6.42 Å². The summed E-state index contributed by atoms with van der Waals surface area (Å²) < 4.78 is 13.1. The number of ether oxygens (including phenoxy) is 2. The molecule has 0 bridgehead atoms. The van der Waals surface area contributed by atoms with E-state index in [2.05, 4.69) is 24.3 Å². The minimum atomic E-state index is -0.0786. The molecule has 1 N–H and O–H groups in total. The van der Waals surface area contributed by atoms with Gasteiger partial charge in [-0.05, 0) is 56.9 Å². The van der Waals surface area contributed by atoms with Crippen molar-refractivity contribution in [3.05, 3.63) is 47.3 Å². The molecule has 1 fully saturated rings. The monoisotopic (exact) mass is 406 g/mol. The molecule has 0 atom stereocenters. The maximum Gasteiger partial charge on any atom is 0.252 e. The third kappa shape index (κ3) is 3.60. The van der Waals surface area contributed by atoms with E-state index in [0.717, 1.165) is 53.1 Å². The Morgan fingerprint density at radius 3 is 2.77 bits per heavy atom. The zero-order valence-electron chi connectivity index (χ0n) is 17.4. The normalized spacial score (nSPS) is 15.6. The third-order valence-electron chi connectivity index (χ3n) is 5.62. The first-order chi connectivity index (χ1) is 14.6. The van der Waals surface area contributed by atoms with Crippen LogP contribution in [0.4, 0.5) is 0 Å². The predicted molar refractivity (Wildman–Crippen MR) is 113 cm³/mol. The van der Waals surface area contributed by atoms with Crippen molar-refractivity contribution >= 4 is 16.9 Å². The zero-order valence-corrected chi connectivity index (χ0v) is 17.4. The third-order valence-corrected chi connectivity index (χ3v) is 5.62. The fourth-order valence-electron chi connectivity index (χ4n) is 3.85. The fraction of sp³-hybridized carbons (Fsp3) is 0.435. The van der Waals surface area contributed by atoms with Crippen molar-refractivity contribution in [2.75, 3.05) is 19.8 Å². The zero-order chi connectivity index (χ0) is 20.7. The molecule has 3 aromatic rings. The fourth-order valence-corrected chi connectivity index (χ4v) is 3.85. The van der Waals surface area contributed by atoms with Crippen molar-refractivity contribution in [3.63, 3.8) is 0 Å². The second-order valence-electron chi connectivity index (χ2n) is 8.27. The molecule has 0 saturated heterocycles. The second-order valence-corrected chi connectivity index (χ2v) is 8.27. The molecule has 7 heteroatoms. The Labute approximate surface area is 175 Å². The molecule has 5 rings (SSSR count). The SMILES string of the molecule is CC(C)n1ncc2c(C(=O)NCCc3ccc4c(c3)OCCO4)cc(C3CC3)nc21. The van der Waals surface area contributed by atoms with Gasteiger partial charge in [0.05, 0.1) is 17.1 Å². The lowest BCUT2D eigenvalue weighted by molar-refractivity contribution is 0.0955. The first-order valence-electron chi connectivity index (χ1n) is 10.6. The van der Waals surface area contributed by atoms with Gasteiger partial charge in [0.15, 0.2) is 17.1 Å². The van der Waals surface area contributed by atoms with Gasteiger partial charge >= 0.3 is 0 Å². The van der Waals surface area contributed by atoms with E-state index < -0.39 is 0 Å². The summed E-state index contributed by atoms with van der Waals surface area (Å²) in [6.45, 7) is 5.84. The van der Waals surface area contributed by atoms with E-state index in [9.17, 15) is 4.79 Å². The van der Waals surface area contributed by atoms with E-state index in [0.29, 0.717) is 31.2 Å². The summed E-state index contributed by atoms with van der Waals surface area (Å²) in [5.74, 6) is 1.94. The number of nitrogens with zero attached hydrogens (tertiary/aromatic N) is 3. The molecule has 0 spiro atoms. The summed E-state index contributed by atoms with van der Waals surface area (Å²) in [6.07, 6.45) is 4.76. The quantitative estimate of drug-likeness (QED) is 0.676. The van der Waals surface area contributed by atoms with Gasteiger partial charge < -0.3 is 14.8 Å². The van der Waals surface area contributed by atoms with Crippen molar-refractivity contribution in [2.24, 2.45) is 0 Å². The lowest BCUT2D eigenvalue weighted by Crippen LogP contribution is -2.26. The van der Waals surface area contributed by atoms with Gasteiger partial charge in [-0.3, -0.25) is 4.79 Å². The van der Waals surface area contributed by atoms with Crippen molar-refractivity contribution in [2.45, 2.75) is 45.1 Å². The molecule has 1 aliphatic carbocycles. The van der Waals surface area contributed by atoms with Crippen molar-refractivity contribution < 1.29 is 14.3 Å². The van der Waals surface area contributed by atoms with Gasteiger partial charge in [0.2, 0.25) is 0 Å². The van der Waals surface area contributed by atoms with Crippen LogP contribution in [0.15, 0.2) is 30.5 Å². The number of aromatic nitrogens is 3. The largest absolute Gasteiger partial charge is 0.486 e. The van der Waals surface area contributed by atoms with Gasteiger partial charge in [0.1, 0.15) is 13.2 Å². The molecular formula is C23H26N4O3. The van der Waals surface area contributed by atoms with E-state index in [1.807, 2.05) is 28.9 Å². The highest BCUT2D eigenvalue weighted by Crippen LogP contribution is 2.40. The van der Waals surface area contributed by atoms with E-state index in [1.54, 1.807) is 6.20 Å². The number of carbonyl (C=O) groups is 1. The van der Waals surface area contributed by atoms with Gasteiger partial charge in [0, 0.05) is 24.2 Å². The van der Waals surface area contributed by atoms with Crippen molar-refractivity contribution in [3.8, 4) is 11.5 Å². The molecule has 3 heterocycles. The second kappa shape index (κ2) is 7.63. The number of benzene rings is 1. The molecule has 7 nitrogen and oxygen atoms in total. The number of amides is 1. The Balaban J connectivity index is 1.33. The van der Waals surface area contributed by atoms with Crippen LogP contribution in [0.25, 0.3) is 11.0 Å². The summed E-state index contributed by atoms with van der Waals surface area (Å²) in [5, 5.41) is 8.35. The molecule has 1 aliphatic heterocycles. The Bertz CT molecular complexity index is 1100. The summed E-state index contributed by atoms with van der Waals surface area (Å²) >= 11 is 0. The number of pyridine rings is 1. The molecule has 2 aliphatic rings.